The average molecular weight is 313 g/mol. The van der Waals surface area contributed by atoms with Crippen LogP contribution in [0.5, 0.6) is 11.5 Å². The summed E-state index contributed by atoms with van der Waals surface area (Å²) in [5.41, 5.74) is 2.89. The number of aryl methyl sites for hydroxylation is 2. The number of hydrogen-bond donors (Lipinski definition) is 1. The largest absolute Gasteiger partial charge is 0.497 e. The lowest BCUT2D eigenvalue weighted by Gasteiger charge is -2.12. The Morgan fingerprint density at radius 2 is 2.00 bits per heavy atom. The van der Waals surface area contributed by atoms with Gasteiger partial charge in [0.25, 0.3) is 0 Å². The summed E-state index contributed by atoms with van der Waals surface area (Å²) in [6.45, 7) is 4.49. The zero-order valence-corrected chi connectivity index (χ0v) is 13.9. The van der Waals surface area contributed by atoms with Crippen molar-refractivity contribution in [3.05, 3.63) is 53.6 Å². The van der Waals surface area contributed by atoms with Crippen molar-refractivity contribution in [1.82, 2.24) is 0 Å². The van der Waals surface area contributed by atoms with E-state index in [0.29, 0.717) is 30.9 Å². The number of rotatable bonds is 7. The van der Waals surface area contributed by atoms with Gasteiger partial charge in [0, 0.05) is 6.42 Å². The molecule has 4 nitrogen and oxygen atoms in total. The normalized spacial score (nSPS) is 10.2. The highest BCUT2D eigenvalue weighted by Gasteiger charge is 2.09. The van der Waals surface area contributed by atoms with Crippen molar-refractivity contribution in [3.8, 4) is 11.5 Å². The van der Waals surface area contributed by atoms with Gasteiger partial charge >= 0.3 is 0 Å². The molecule has 0 heterocycles. The maximum atomic E-state index is 12.2. The fourth-order valence-electron chi connectivity index (χ4n) is 2.31. The number of amides is 1. The summed E-state index contributed by atoms with van der Waals surface area (Å²) in [4.78, 5) is 12.2. The van der Waals surface area contributed by atoms with E-state index in [0.717, 1.165) is 16.9 Å². The predicted octanol–water partition coefficient (Wildman–Crippen LogP) is 3.97. The highest BCUT2D eigenvalue weighted by molar-refractivity contribution is 5.92. The summed E-state index contributed by atoms with van der Waals surface area (Å²) >= 11 is 0. The molecule has 0 atom stereocenters. The highest BCUT2D eigenvalue weighted by atomic mass is 16.5. The SMILES string of the molecule is CCOc1cc(C)ccc1NC(=O)CCc1cccc(OC)c1. The minimum atomic E-state index is -0.0300. The third-order valence-corrected chi connectivity index (χ3v) is 3.49. The molecule has 0 bridgehead atoms. The number of ether oxygens (including phenoxy) is 2. The van der Waals surface area contributed by atoms with Gasteiger partial charge in [0.1, 0.15) is 11.5 Å². The first-order valence-corrected chi connectivity index (χ1v) is 7.78. The zero-order chi connectivity index (χ0) is 16.7. The fraction of sp³-hybridized carbons (Fsp3) is 0.316. The van der Waals surface area contributed by atoms with Crippen LogP contribution in [0, 0.1) is 6.92 Å². The van der Waals surface area contributed by atoms with Crippen LogP contribution in [0.25, 0.3) is 0 Å². The van der Waals surface area contributed by atoms with Gasteiger partial charge in [0.05, 0.1) is 19.4 Å². The first-order valence-electron chi connectivity index (χ1n) is 7.78. The zero-order valence-electron chi connectivity index (χ0n) is 13.9. The van der Waals surface area contributed by atoms with Crippen molar-refractivity contribution < 1.29 is 14.3 Å². The Hall–Kier alpha value is -2.49. The van der Waals surface area contributed by atoms with Gasteiger partial charge in [0.2, 0.25) is 5.91 Å². The second kappa shape index (κ2) is 8.22. The molecule has 0 aliphatic heterocycles. The van der Waals surface area contributed by atoms with Gasteiger partial charge < -0.3 is 14.8 Å². The Labute approximate surface area is 137 Å². The van der Waals surface area contributed by atoms with E-state index in [9.17, 15) is 4.79 Å². The van der Waals surface area contributed by atoms with E-state index in [-0.39, 0.29) is 5.91 Å². The Morgan fingerprint density at radius 3 is 2.74 bits per heavy atom. The van der Waals surface area contributed by atoms with Crippen molar-refractivity contribution in [2.75, 3.05) is 19.0 Å². The lowest BCUT2D eigenvalue weighted by atomic mass is 10.1. The van der Waals surface area contributed by atoms with Crippen LogP contribution < -0.4 is 14.8 Å². The molecule has 0 aromatic heterocycles. The third kappa shape index (κ3) is 5.02. The van der Waals surface area contributed by atoms with Gasteiger partial charge in [-0.05, 0) is 55.7 Å². The molecular weight excluding hydrogens is 290 g/mol. The Bertz CT molecular complexity index is 667. The molecule has 0 saturated heterocycles. The maximum Gasteiger partial charge on any atom is 0.224 e. The first-order chi connectivity index (χ1) is 11.1. The number of carbonyl (C=O) groups is 1. The highest BCUT2D eigenvalue weighted by Crippen LogP contribution is 2.26. The van der Waals surface area contributed by atoms with Crippen LogP contribution in [-0.2, 0) is 11.2 Å². The lowest BCUT2D eigenvalue weighted by Crippen LogP contribution is -2.13. The summed E-state index contributed by atoms with van der Waals surface area (Å²) in [5.74, 6) is 1.49. The summed E-state index contributed by atoms with van der Waals surface area (Å²) in [6.07, 6.45) is 1.07. The lowest BCUT2D eigenvalue weighted by molar-refractivity contribution is -0.116. The van der Waals surface area contributed by atoms with Gasteiger partial charge in [-0.1, -0.05) is 18.2 Å². The van der Waals surface area contributed by atoms with E-state index < -0.39 is 0 Å². The van der Waals surface area contributed by atoms with E-state index in [1.165, 1.54) is 0 Å². The summed E-state index contributed by atoms with van der Waals surface area (Å²) in [6, 6.07) is 13.5. The van der Waals surface area contributed by atoms with E-state index in [4.69, 9.17) is 9.47 Å². The standard InChI is InChI=1S/C19H23NO3/c1-4-23-18-12-14(2)8-10-17(18)20-19(21)11-9-15-6-5-7-16(13-15)22-3/h5-8,10,12-13H,4,9,11H2,1-3H3,(H,20,21). The third-order valence-electron chi connectivity index (χ3n) is 3.49. The molecule has 0 aliphatic rings. The molecule has 122 valence electrons. The first kappa shape index (κ1) is 16.9. The van der Waals surface area contributed by atoms with Crippen molar-refractivity contribution in [3.63, 3.8) is 0 Å². The maximum absolute atomic E-state index is 12.2. The Balaban J connectivity index is 1.96. The molecule has 2 aromatic rings. The molecule has 0 aliphatic carbocycles. The second-order valence-corrected chi connectivity index (χ2v) is 5.33. The summed E-state index contributed by atoms with van der Waals surface area (Å²) in [7, 11) is 1.64. The quantitative estimate of drug-likeness (QED) is 0.841. The predicted molar refractivity (Wildman–Crippen MR) is 92.3 cm³/mol. The molecule has 1 amide bonds. The van der Waals surface area contributed by atoms with Crippen LogP contribution in [0.4, 0.5) is 5.69 Å². The molecule has 0 radical (unpaired) electrons. The number of nitrogens with one attached hydrogen (secondary N) is 1. The van der Waals surface area contributed by atoms with Gasteiger partial charge in [0.15, 0.2) is 0 Å². The minimum absolute atomic E-state index is 0.0300. The number of methoxy groups -OCH3 is 1. The average Bonchev–Trinajstić information content (AvgIpc) is 2.56. The number of anilines is 1. The van der Waals surface area contributed by atoms with Crippen LogP contribution >= 0.6 is 0 Å². The Kier molecular flexibility index (Phi) is 6.03. The van der Waals surface area contributed by atoms with Gasteiger partial charge in [-0.3, -0.25) is 4.79 Å². The van der Waals surface area contributed by atoms with Crippen molar-refractivity contribution in [2.45, 2.75) is 26.7 Å². The summed E-state index contributed by atoms with van der Waals surface area (Å²) in [5, 5.41) is 2.93. The van der Waals surface area contributed by atoms with Crippen LogP contribution in [0.15, 0.2) is 42.5 Å². The molecule has 0 saturated carbocycles. The van der Waals surface area contributed by atoms with Crippen LogP contribution in [-0.4, -0.2) is 19.6 Å². The van der Waals surface area contributed by atoms with Crippen LogP contribution in [0.3, 0.4) is 0 Å². The molecule has 23 heavy (non-hydrogen) atoms. The van der Waals surface area contributed by atoms with Gasteiger partial charge in [-0.25, -0.2) is 0 Å². The molecular formula is C19H23NO3. The van der Waals surface area contributed by atoms with E-state index in [2.05, 4.69) is 5.32 Å². The molecule has 2 rings (SSSR count). The van der Waals surface area contributed by atoms with E-state index in [1.807, 2.05) is 56.3 Å². The van der Waals surface area contributed by atoms with Crippen molar-refractivity contribution >= 4 is 11.6 Å². The summed E-state index contributed by atoms with van der Waals surface area (Å²) < 4.78 is 10.8. The molecule has 4 heteroatoms. The van der Waals surface area contributed by atoms with Crippen molar-refractivity contribution in [2.24, 2.45) is 0 Å². The monoisotopic (exact) mass is 313 g/mol. The molecule has 1 N–H and O–H groups in total. The molecule has 0 spiro atoms. The van der Waals surface area contributed by atoms with Gasteiger partial charge in [-0.2, -0.15) is 0 Å². The Morgan fingerprint density at radius 1 is 1.17 bits per heavy atom. The minimum Gasteiger partial charge on any atom is -0.497 e. The van der Waals surface area contributed by atoms with Crippen LogP contribution in [0.1, 0.15) is 24.5 Å². The smallest absolute Gasteiger partial charge is 0.224 e. The second-order valence-electron chi connectivity index (χ2n) is 5.33. The fourth-order valence-corrected chi connectivity index (χ4v) is 2.31. The van der Waals surface area contributed by atoms with Crippen molar-refractivity contribution in [1.29, 1.82) is 0 Å². The topological polar surface area (TPSA) is 47.6 Å². The number of benzene rings is 2. The molecule has 0 fully saturated rings. The van der Waals surface area contributed by atoms with Crippen LogP contribution in [0.2, 0.25) is 0 Å². The van der Waals surface area contributed by atoms with E-state index in [1.54, 1.807) is 7.11 Å². The van der Waals surface area contributed by atoms with Gasteiger partial charge in [-0.15, -0.1) is 0 Å². The number of carbonyl (C=O) groups excluding carboxylic acids is 1. The molecule has 0 unspecified atom stereocenters. The van der Waals surface area contributed by atoms with E-state index >= 15 is 0 Å². The molecule has 2 aromatic carbocycles. The number of hydrogen-bond acceptors (Lipinski definition) is 3.